The molecule has 0 fully saturated rings. The topological polar surface area (TPSA) is 114 Å². The van der Waals surface area contributed by atoms with E-state index in [2.05, 4.69) is 9.97 Å². The van der Waals surface area contributed by atoms with E-state index in [1.807, 2.05) is 13.2 Å². The van der Waals surface area contributed by atoms with Crippen LogP contribution in [0.25, 0.3) is 0 Å². The maximum Gasteiger partial charge on any atom is 0.330 e. The number of rotatable bonds is 7. The minimum atomic E-state index is -0.676. The van der Waals surface area contributed by atoms with Crippen LogP contribution >= 0.6 is 11.8 Å². The number of H-pyrrole nitrogens is 1. The van der Waals surface area contributed by atoms with Crippen LogP contribution in [0.5, 0.6) is 0 Å². The summed E-state index contributed by atoms with van der Waals surface area (Å²) in [6.07, 6.45) is 5.02. The van der Waals surface area contributed by atoms with Crippen molar-refractivity contribution in [3.8, 4) is 0 Å². The van der Waals surface area contributed by atoms with Crippen LogP contribution in [-0.2, 0) is 6.54 Å². The number of nitrogens with zero attached hydrogens (tertiary/aromatic N) is 3. The summed E-state index contributed by atoms with van der Waals surface area (Å²) in [5, 5.41) is 0.560. The number of hydrogen-bond donors (Lipinski definition) is 2. The smallest absolute Gasteiger partial charge is 0.330 e. The number of hydrogen-bond acceptors (Lipinski definition) is 6. The SMILES string of the molecule is CCCCn1c(N)c(N(CC)C(=O)c2cccnc2SC)c(=O)[nH]c1=O. The van der Waals surface area contributed by atoms with Crippen molar-refractivity contribution < 1.29 is 4.79 Å². The second-order valence-corrected chi connectivity index (χ2v) is 6.40. The molecule has 2 aromatic rings. The average molecular weight is 377 g/mol. The van der Waals surface area contributed by atoms with Crippen molar-refractivity contribution in [3.63, 3.8) is 0 Å². The van der Waals surface area contributed by atoms with E-state index in [0.717, 1.165) is 12.8 Å². The van der Waals surface area contributed by atoms with Gasteiger partial charge in [0.05, 0.1) is 5.56 Å². The molecule has 0 saturated heterocycles. The molecule has 9 heteroatoms. The molecular weight excluding hydrogens is 354 g/mol. The summed E-state index contributed by atoms with van der Waals surface area (Å²) < 4.78 is 1.30. The number of amides is 1. The van der Waals surface area contributed by atoms with Crippen LogP contribution in [0.3, 0.4) is 0 Å². The van der Waals surface area contributed by atoms with Gasteiger partial charge in [0.25, 0.3) is 11.5 Å². The maximum atomic E-state index is 13.0. The van der Waals surface area contributed by atoms with Crippen molar-refractivity contribution in [2.75, 3.05) is 23.4 Å². The molecule has 0 aromatic carbocycles. The minimum absolute atomic E-state index is 0.00279. The Morgan fingerprint density at radius 3 is 2.73 bits per heavy atom. The van der Waals surface area contributed by atoms with E-state index < -0.39 is 11.2 Å². The molecule has 0 aliphatic carbocycles. The summed E-state index contributed by atoms with van der Waals surface area (Å²) in [6.45, 7) is 4.33. The Bertz CT molecular complexity index is 906. The second-order valence-electron chi connectivity index (χ2n) is 5.61. The number of anilines is 2. The molecule has 0 atom stereocenters. The number of aromatic nitrogens is 3. The van der Waals surface area contributed by atoms with E-state index in [4.69, 9.17) is 5.73 Å². The van der Waals surface area contributed by atoms with Crippen molar-refractivity contribution in [1.29, 1.82) is 0 Å². The first-order valence-electron chi connectivity index (χ1n) is 8.39. The number of nitrogens with one attached hydrogen (secondary N) is 1. The van der Waals surface area contributed by atoms with Crippen LogP contribution in [0.1, 0.15) is 37.0 Å². The second kappa shape index (κ2) is 8.70. The largest absolute Gasteiger partial charge is 0.383 e. The molecule has 2 heterocycles. The molecular formula is C17H23N5O3S. The number of carbonyl (C=O) groups is 1. The van der Waals surface area contributed by atoms with E-state index in [-0.39, 0.29) is 24.0 Å². The zero-order valence-electron chi connectivity index (χ0n) is 15.1. The van der Waals surface area contributed by atoms with Gasteiger partial charge in [0, 0.05) is 19.3 Å². The Balaban J connectivity index is 2.58. The zero-order chi connectivity index (χ0) is 19.3. The Kier molecular flexibility index (Phi) is 6.62. The molecule has 2 rings (SSSR count). The number of pyridine rings is 1. The number of aromatic amines is 1. The number of carbonyl (C=O) groups excluding carboxylic acids is 1. The van der Waals surface area contributed by atoms with Crippen molar-refractivity contribution in [3.05, 3.63) is 44.7 Å². The van der Waals surface area contributed by atoms with Crippen molar-refractivity contribution in [2.45, 2.75) is 38.3 Å². The lowest BCUT2D eigenvalue weighted by Crippen LogP contribution is -2.41. The highest BCUT2D eigenvalue weighted by atomic mass is 32.2. The Morgan fingerprint density at radius 2 is 2.12 bits per heavy atom. The van der Waals surface area contributed by atoms with Gasteiger partial charge in [0.1, 0.15) is 10.8 Å². The first-order valence-corrected chi connectivity index (χ1v) is 9.62. The summed E-state index contributed by atoms with van der Waals surface area (Å²) in [4.78, 5) is 45.3. The average Bonchev–Trinajstić information content (AvgIpc) is 2.64. The molecule has 3 N–H and O–H groups in total. The number of nitrogens with two attached hydrogens (primary N) is 1. The lowest BCUT2D eigenvalue weighted by molar-refractivity contribution is 0.0984. The third-order valence-electron chi connectivity index (χ3n) is 3.98. The van der Waals surface area contributed by atoms with Gasteiger partial charge in [0.15, 0.2) is 5.69 Å². The summed E-state index contributed by atoms with van der Waals surface area (Å²) in [6, 6.07) is 3.32. The van der Waals surface area contributed by atoms with Crippen LogP contribution in [-0.4, -0.2) is 33.2 Å². The molecule has 140 valence electrons. The maximum absolute atomic E-state index is 13.0. The number of nitrogen functional groups attached to an aromatic ring is 1. The highest BCUT2D eigenvalue weighted by molar-refractivity contribution is 7.98. The number of unbranched alkanes of at least 4 members (excludes halogenated alkanes) is 1. The molecule has 0 aliphatic rings. The van der Waals surface area contributed by atoms with Gasteiger partial charge in [-0.1, -0.05) is 13.3 Å². The summed E-state index contributed by atoms with van der Waals surface area (Å²) in [7, 11) is 0. The normalized spacial score (nSPS) is 10.7. The van der Waals surface area contributed by atoms with Gasteiger partial charge in [-0.25, -0.2) is 9.78 Å². The molecule has 8 nitrogen and oxygen atoms in total. The molecule has 0 bridgehead atoms. The van der Waals surface area contributed by atoms with Crippen molar-refractivity contribution >= 4 is 29.2 Å². The van der Waals surface area contributed by atoms with Gasteiger partial charge in [-0.2, -0.15) is 0 Å². The lowest BCUT2D eigenvalue weighted by atomic mass is 10.2. The first-order chi connectivity index (χ1) is 12.5. The Labute approximate surface area is 155 Å². The van der Waals surface area contributed by atoms with E-state index >= 15 is 0 Å². The van der Waals surface area contributed by atoms with Crippen molar-refractivity contribution in [1.82, 2.24) is 14.5 Å². The Morgan fingerprint density at radius 1 is 1.38 bits per heavy atom. The van der Waals surface area contributed by atoms with Gasteiger partial charge in [-0.05, 0) is 31.7 Å². The molecule has 0 radical (unpaired) electrons. The minimum Gasteiger partial charge on any atom is -0.383 e. The summed E-state index contributed by atoms with van der Waals surface area (Å²) >= 11 is 1.34. The van der Waals surface area contributed by atoms with Gasteiger partial charge in [-0.3, -0.25) is 19.1 Å². The van der Waals surface area contributed by atoms with Gasteiger partial charge < -0.3 is 10.6 Å². The molecule has 1 amide bonds. The third-order valence-corrected chi connectivity index (χ3v) is 4.69. The molecule has 0 unspecified atom stereocenters. The molecule has 0 spiro atoms. The predicted octanol–water partition coefficient (Wildman–Crippen LogP) is 1.70. The molecule has 0 saturated carbocycles. The van der Waals surface area contributed by atoms with E-state index in [0.29, 0.717) is 17.1 Å². The van der Waals surface area contributed by atoms with Crippen molar-refractivity contribution in [2.24, 2.45) is 0 Å². The number of thioether (sulfide) groups is 1. The highest BCUT2D eigenvalue weighted by Gasteiger charge is 2.25. The fourth-order valence-corrected chi connectivity index (χ4v) is 3.18. The molecule has 26 heavy (non-hydrogen) atoms. The fourth-order valence-electron chi connectivity index (χ4n) is 2.64. The predicted molar refractivity (Wildman–Crippen MR) is 104 cm³/mol. The van der Waals surface area contributed by atoms with Gasteiger partial charge in [0.2, 0.25) is 0 Å². The standard InChI is InChI=1S/C17H23N5O3S/c1-4-6-10-22-13(18)12(14(23)20-17(22)25)21(5-2)16(24)11-8-7-9-19-15(11)26-3/h7-9H,4-6,10,18H2,1-3H3,(H,20,23,25). The zero-order valence-corrected chi connectivity index (χ0v) is 15.9. The summed E-state index contributed by atoms with van der Waals surface area (Å²) in [5.41, 5.74) is 5.24. The van der Waals surface area contributed by atoms with E-state index in [1.54, 1.807) is 25.3 Å². The molecule has 0 aliphatic heterocycles. The van der Waals surface area contributed by atoms with Crippen LogP contribution in [0, 0.1) is 0 Å². The monoisotopic (exact) mass is 377 g/mol. The first kappa shape index (κ1) is 19.8. The fraction of sp³-hybridized carbons (Fsp3) is 0.412. The third kappa shape index (κ3) is 3.82. The lowest BCUT2D eigenvalue weighted by Gasteiger charge is -2.23. The van der Waals surface area contributed by atoms with Crippen LogP contribution < -0.4 is 21.9 Å². The van der Waals surface area contributed by atoms with Crippen LogP contribution in [0.15, 0.2) is 32.9 Å². The van der Waals surface area contributed by atoms with Crippen LogP contribution in [0.2, 0.25) is 0 Å². The molecule has 2 aromatic heterocycles. The van der Waals surface area contributed by atoms with Crippen LogP contribution in [0.4, 0.5) is 11.5 Å². The van der Waals surface area contributed by atoms with E-state index in [1.165, 1.54) is 21.2 Å². The van der Waals surface area contributed by atoms with Gasteiger partial charge >= 0.3 is 5.69 Å². The Hall–Kier alpha value is -2.55. The quantitative estimate of drug-likeness (QED) is 0.710. The van der Waals surface area contributed by atoms with E-state index in [9.17, 15) is 14.4 Å². The van der Waals surface area contributed by atoms with Gasteiger partial charge in [-0.15, -0.1) is 11.8 Å². The summed E-state index contributed by atoms with van der Waals surface area (Å²) in [5.74, 6) is -0.389. The highest BCUT2D eigenvalue weighted by Crippen LogP contribution is 2.23.